The van der Waals surface area contributed by atoms with Crippen molar-refractivity contribution in [2.24, 2.45) is 5.92 Å². The number of imidazole rings is 1. The smallest absolute Gasteiger partial charge is 0.259 e. The van der Waals surface area contributed by atoms with Crippen LogP contribution in [0.5, 0.6) is 0 Å². The third-order valence-corrected chi connectivity index (χ3v) is 4.64. The number of nitrogens with zero attached hydrogens (tertiary/aromatic N) is 2. The van der Waals surface area contributed by atoms with E-state index < -0.39 is 10.0 Å². The van der Waals surface area contributed by atoms with Crippen LogP contribution in [0.25, 0.3) is 0 Å². The quantitative estimate of drug-likeness (QED) is 0.806. The minimum absolute atomic E-state index is 0.0710. The SMILES string of the molecule is CCn1cc(S(=O)(=O)NCC2CC(O)C2)nc1C. The highest BCUT2D eigenvalue weighted by atomic mass is 32.2. The maximum atomic E-state index is 12.0. The van der Waals surface area contributed by atoms with Gasteiger partial charge in [0.05, 0.1) is 6.10 Å². The fraction of sp³-hybridized carbons (Fsp3) is 0.727. The van der Waals surface area contributed by atoms with E-state index in [4.69, 9.17) is 5.11 Å². The maximum absolute atomic E-state index is 12.0. The van der Waals surface area contributed by atoms with E-state index >= 15 is 0 Å². The van der Waals surface area contributed by atoms with Gasteiger partial charge in [-0.1, -0.05) is 0 Å². The van der Waals surface area contributed by atoms with E-state index in [0.29, 0.717) is 31.8 Å². The Labute approximate surface area is 107 Å². The van der Waals surface area contributed by atoms with Gasteiger partial charge < -0.3 is 9.67 Å². The monoisotopic (exact) mass is 273 g/mol. The van der Waals surface area contributed by atoms with Gasteiger partial charge in [-0.3, -0.25) is 0 Å². The van der Waals surface area contributed by atoms with Crippen LogP contribution in [0.15, 0.2) is 11.2 Å². The van der Waals surface area contributed by atoms with Crippen molar-refractivity contribution in [3.8, 4) is 0 Å². The van der Waals surface area contributed by atoms with Crippen molar-refractivity contribution in [2.75, 3.05) is 6.54 Å². The molecule has 0 bridgehead atoms. The number of hydrogen-bond donors (Lipinski definition) is 2. The number of sulfonamides is 1. The highest BCUT2D eigenvalue weighted by Gasteiger charge is 2.29. The summed E-state index contributed by atoms with van der Waals surface area (Å²) in [5, 5.41) is 9.21. The van der Waals surface area contributed by atoms with Gasteiger partial charge in [0.2, 0.25) is 0 Å². The van der Waals surface area contributed by atoms with Gasteiger partial charge in [0, 0.05) is 19.3 Å². The average Bonchev–Trinajstić information content (AvgIpc) is 2.65. The van der Waals surface area contributed by atoms with Gasteiger partial charge in [-0.25, -0.2) is 18.1 Å². The summed E-state index contributed by atoms with van der Waals surface area (Å²) in [6, 6.07) is 0. The summed E-state index contributed by atoms with van der Waals surface area (Å²) in [7, 11) is -3.52. The van der Waals surface area contributed by atoms with E-state index in [1.54, 1.807) is 17.7 Å². The molecule has 1 aromatic rings. The van der Waals surface area contributed by atoms with Crippen LogP contribution in [0.2, 0.25) is 0 Å². The van der Waals surface area contributed by atoms with Gasteiger partial charge in [0.25, 0.3) is 10.0 Å². The highest BCUT2D eigenvalue weighted by Crippen LogP contribution is 2.26. The zero-order chi connectivity index (χ0) is 13.3. The van der Waals surface area contributed by atoms with E-state index in [2.05, 4.69) is 9.71 Å². The van der Waals surface area contributed by atoms with E-state index in [-0.39, 0.29) is 17.0 Å². The van der Waals surface area contributed by atoms with Crippen molar-refractivity contribution in [1.82, 2.24) is 14.3 Å². The summed E-state index contributed by atoms with van der Waals surface area (Å²) in [6.45, 7) is 4.79. The summed E-state index contributed by atoms with van der Waals surface area (Å²) < 4.78 is 28.3. The van der Waals surface area contributed by atoms with Gasteiger partial charge in [-0.05, 0) is 32.6 Å². The molecule has 0 saturated heterocycles. The Morgan fingerprint density at radius 3 is 2.72 bits per heavy atom. The topological polar surface area (TPSA) is 84.2 Å². The standard InChI is InChI=1S/C11H19N3O3S/c1-3-14-7-11(13-8(14)2)18(16,17)12-6-9-4-10(15)5-9/h7,9-10,12,15H,3-6H2,1-2H3. The molecule has 18 heavy (non-hydrogen) atoms. The molecule has 1 aliphatic rings. The average molecular weight is 273 g/mol. The molecule has 0 unspecified atom stereocenters. The molecule has 0 amide bonds. The van der Waals surface area contributed by atoms with Gasteiger partial charge in [0.1, 0.15) is 5.82 Å². The zero-order valence-electron chi connectivity index (χ0n) is 10.6. The second-order valence-electron chi connectivity index (χ2n) is 4.76. The van der Waals surface area contributed by atoms with Crippen molar-refractivity contribution in [3.63, 3.8) is 0 Å². The maximum Gasteiger partial charge on any atom is 0.259 e. The summed E-state index contributed by atoms with van der Waals surface area (Å²) in [5.74, 6) is 0.932. The largest absolute Gasteiger partial charge is 0.393 e. The van der Waals surface area contributed by atoms with Crippen LogP contribution in [0.4, 0.5) is 0 Å². The number of nitrogens with one attached hydrogen (secondary N) is 1. The van der Waals surface area contributed by atoms with Crippen LogP contribution >= 0.6 is 0 Å². The first kappa shape index (κ1) is 13.5. The molecule has 0 aromatic carbocycles. The molecule has 1 aromatic heterocycles. The Morgan fingerprint density at radius 1 is 1.56 bits per heavy atom. The first-order valence-corrected chi connectivity index (χ1v) is 7.62. The van der Waals surface area contributed by atoms with Crippen molar-refractivity contribution >= 4 is 10.0 Å². The van der Waals surface area contributed by atoms with Crippen molar-refractivity contribution in [1.29, 1.82) is 0 Å². The number of hydrogen-bond acceptors (Lipinski definition) is 4. The van der Waals surface area contributed by atoms with Crippen molar-refractivity contribution < 1.29 is 13.5 Å². The predicted octanol–water partition coefficient (Wildman–Crippen LogP) is 0.261. The first-order chi connectivity index (χ1) is 8.42. The number of aliphatic hydroxyl groups is 1. The minimum atomic E-state index is -3.52. The van der Waals surface area contributed by atoms with Crippen molar-refractivity contribution in [3.05, 3.63) is 12.0 Å². The second kappa shape index (κ2) is 4.99. The lowest BCUT2D eigenvalue weighted by Gasteiger charge is -2.31. The number of aryl methyl sites for hydroxylation is 2. The van der Waals surface area contributed by atoms with Crippen LogP contribution in [0.3, 0.4) is 0 Å². The third kappa shape index (κ3) is 2.73. The summed E-state index contributed by atoms with van der Waals surface area (Å²) >= 11 is 0. The molecule has 0 radical (unpaired) electrons. The van der Waals surface area contributed by atoms with E-state index in [1.165, 1.54) is 0 Å². The fourth-order valence-electron chi connectivity index (χ4n) is 2.10. The zero-order valence-corrected chi connectivity index (χ0v) is 11.4. The Balaban J connectivity index is 2.01. The van der Waals surface area contributed by atoms with E-state index in [9.17, 15) is 8.42 Å². The van der Waals surface area contributed by atoms with Crippen LogP contribution in [-0.4, -0.2) is 35.7 Å². The molecule has 0 spiro atoms. The molecular formula is C11H19N3O3S. The van der Waals surface area contributed by atoms with E-state index in [0.717, 1.165) is 0 Å². The molecule has 2 rings (SSSR count). The lowest BCUT2D eigenvalue weighted by atomic mass is 9.83. The highest BCUT2D eigenvalue weighted by molar-refractivity contribution is 7.89. The molecule has 102 valence electrons. The Morgan fingerprint density at radius 2 is 2.22 bits per heavy atom. The van der Waals surface area contributed by atoms with Gasteiger partial charge in [0.15, 0.2) is 5.03 Å². The number of aromatic nitrogens is 2. The van der Waals surface area contributed by atoms with Crippen molar-refractivity contribution in [2.45, 2.75) is 44.4 Å². The molecule has 0 atom stereocenters. The summed E-state index contributed by atoms with van der Waals surface area (Å²) in [5.41, 5.74) is 0. The third-order valence-electron chi connectivity index (χ3n) is 3.34. The van der Waals surface area contributed by atoms with Gasteiger partial charge >= 0.3 is 0 Å². The molecule has 1 fully saturated rings. The molecule has 0 aliphatic heterocycles. The Bertz CT molecular complexity index is 518. The Kier molecular flexibility index (Phi) is 3.74. The molecule has 1 saturated carbocycles. The van der Waals surface area contributed by atoms with Crippen LogP contribution < -0.4 is 4.72 Å². The van der Waals surface area contributed by atoms with Gasteiger partial charge in [-0.2, -0.15) is 0 Å². The molecule has 2 N–H and O–H groups in total. The lowest BCUT2D eigenvalue weighted by Crippen LogP contribution is -2.38. The molecule has 1 aliphatic carbocycles. The number of rotatable bonds is 5. The summed E-state index contributed by atoms with van der Waals surface area (Å²) in [4.78, 5) is 4.05. The van der Waals surface area contributed by atoms with Crippen LogP contribution in [0.1, 0.15) is 25.6 Å². The second-order valence-corrected chi connectivity index (χ2v) is 6.47. The molecular weight excluding hydrogens is 254 g/mol. The summed E-state index contributed by atoms with van der Waals surface area (Å²) in [6.07, 6.45) is 2.63. The minimum Gasteiger partial charge on any atom is -0.393 e. The predicted molar refractivity (Wildman–Crippen MR) is 66.6 cm³/mol. The fourth-order valence-corrected chi connectivity index (χ4v) is 3.22. The van der Waals surface area contributed by atoms with Crippen LogP contribution in [-0.2, 0) is 16.6 Å². The normalized spacial score (nSPS) is 23.9. The van der Waals surface area contributed by atoms with Crippen LogP contribution in [0, 0.1) is 12.8 Å². The molecule has 6 nitrogen and oxygen atoms in total. The van der Waals surface area contributed by atoms with E-state index in [1.807, 2.05) is 6.92 Å². The van der Waals surface area contributed by atoms with Gasteiger partial charge in [-0.15, -0.1) is 0 Å². The molecule has 1 heterocycles. The lowest BCUT2D eigenvalue weighted by molar-refractivity contribution is 0.0453. The number of aliphatic hydroxyl groups excluding tert-OH is 1. The Hall–Kier alpha value is -0.920. The molecule has 7 heteroatoms. The first-order valence-electron chi connectivity index (χ1n) is 6.14.